The molecular weight excluding hydrogens is 366 g/mol. The van der Waals surface area contributed by atoms with E-state index in [-0.39, 0.29) is 12.0 Å². The van der Waals surface area contributed by atoms with Crippen molar-refractivity contribution < 1.29 is 9.53 Å². The van der Waals surface area contributed by atoms with Gasteiger partial charge in [-0.3, -0.25) is 4.79 Å². The molecule has 3 nitrogen and oxygen atoms in total. The quantitative estimate of drug-likeness (QED) is 0.673. The molecule has 0 aromatic heterocycles. The van der Waals surface area contributed by atoms with Gasteiger partial charge < -0.3 is 10.1 Å². The van der Waals surface area contributed by atoms with Gasteiger partial charge in [0.25, 0.3) is 0 Å². The molecule has 2 rings (SSSR count). The largest absolute Gasteiger partial charge is 0.491 e. The molecule has 1 amide bonds. The van der Waals surface area contributed by atoms with E-state index in [0.717, 1.165) is 28.6 Å². The second-order valence-electron chi connectivity index (χ2n) is 6.07. The zero-order valence-electron chi connectivity index (χ0n) is 14.2. The molecule has 0 heterocycles. The number of ether oxygens (including phenoxy) is 1. The van der Waals surface area contributed by atoms with Crippen LogP contribution >= 0.6 is 15.9 Å². The van der Waals surface area contributed by atoms with Crippen LogP contribution in [0.1, 0.15) is 31.4 Å². The van der Waals surface area contributed by atoms with Crippen LogP contribution < -0.4 is 10.1 Å². The lowest BCUT2D eigenvalue weighted by Crippen LogP contribution is -2.26. The van der Waals surface area contributed by atoms with Gasteiger partial charge in [-0.25, -0.2) is 0 Å². The van der Waals surface area contributed by atoms with Gasteiger partial charge >= 0.3 is 0 Å². The summed E-state index contributed by atoms with van der Waals surface area (Å²) in [6, 6.07) is 16.0. The summed E-state index contributed by atoms with van der Waals surface area (Å²) in [6.07, 6.45) is 2.43. The monoisotopic (exact) mass is 389 g/mol. The highest BCUT2D eigenvalue weighted by atomic mass is 79.9. The highest BCUT2D eigenvalue weighted by Gasteiger charge is 2.04. The molecule has 0 saturated carbocycles. The summed E-state index contributed by atoms with van der Waals surface area (Å²) in [5.74, 6) is 0.964. The number of amides is 1. The topological polar surface area (TPSA) is 38.3 Å². The number of aryl methyl sites for hydroxylation is 1. The zero-order valence-corrected chi connectivity index (χ0v) is 15.8. The fourth-order valence-corrected chi connectivity index (χ4v) is 2.91. The van der Waals surface area contributed by atoms with Crippen LogP contribution in [0.2, 0.25) is 0 Å². The van der Waals surface area contributed by atoms with Gasteiger partial charge in [0.1, 0.15) is 5.75 Å². The van der Waals surface area contributed by atoms with Crippen molar-refractivity contribution >= 4 is 21.8 Å². The molecule has 1 N–H and O–H groups in total. The molecule has 0 aliphatic rings. The molecule has 0 aliphatic heterocycles. The zero-order chi connectivity index (χ0) is 17.4. The predicted octanol–water partition coefficient (Wildman–Crippen LogP) is 4.53. The highest BCUT2D eigenvalue weighted by Crippen LogP contribution is 2.16. The molecule has 0 spiro atoms. The molecule has 0 aliphatic carbocycles. The highest BCUT2D eigenvalue weighted by molar-refractivity contribution is 9.10. The SMILES string of the molecule is CC(C)Oc1cccc(CCCNC(=O)Cc2cccc(Br)c2)c1. The van der Waals surface area contributed by atoms with Crippen molar-refractivity contribution in [3.05, 3.63) is 64.1 Å². The second kappa shape index (κ2) is 9.48. The third-order valence-electron chi connectivity index (χ3n) is 3.49. The predicted molar refractivity (Wildman–Crippen MR) is 101 cm³/mol. The Morgan fingerprint density at radius 3 is 2.62 bits per heavy atom. The van der Waals surface area contributed by atoms with E-state index in [1.807, 2.05) is 50.2 Å². The van der Waals surface area contributed by atoms with Crippen LogP contribution in [0.4, 0.5) is 0 Å². The number of carbonyl (C=O) groups is 1. The van der Waals surface area contributed by atoms with E-state index in [1.54, 1.807) is 0 Å². The standard InChI is InChI=1S/C20H24BrNO2/c1-15(2)24-19-10-4-6-16(13-19)8-5-11-22-20(23)14-17-7-3-9-18(21)12-17/h3-4,6-7,9-10,12-13,15H,5,8,11,14H2,1-2H3,(H,22,23). The van der Waals surface area contributed by atoms with Gasteiger partial charge in [-0.1, -0.05) is 40.2 Å². The Labute approximate surface area is 152 Å². The van der Waals surface area contributed by atoms with Crippen LogP contribution in [-0.2, 0) is 17.6 Å². The molecule has 24 heavy (non-hydrogen) atoms. The van der Waals surface area contributed by atoms with Gasteiger partial charge in [0, 0.05) is 11.0 Å². The van der Waals surface area contributed by atoms with E-state index in [2.05, 4.69) is 33.4 Å². The molecule has 0 fully saturated rings. The Balaban J connectivity index is 1.71. The Hall–Kier alpha value is -1.81. The van der Waals surface area contributed by atoms with Crippen LogP contribution in [0.15, 0.2) is 53.0 Å². The fraction of sp³-hybridized carbons (Fsp3) is 0.350. The normalized spacial score (nSPS) is 10.7. The average molecular weight is 390 g/mol. The van der Waals surface area contributed by atoms with E-state index >= 15 is 0 Å². The summed E-state index contributed by atoms with van der Waals surface area (Å²) in [4.78, 5) is 12.0. The molecule has 0 radical (unpaired) electrons. The number of hydrogen-bond donors (Lipinski definition) is 1. The van der Waals surface area contributed by atoms with Crippen molar-refractivity contribution in [2.45, 2.75) is 39.2 Å². The molecule has 0 unspecified atom stereocenters. The Morgan fingerprint density at radius 2 is 1.88 bits per heavy atom. The van der Waals surface area contributed by atoms with Crippen molar-refractivity contribution in [2.24, 2.45) is 0 Å². The lowest BCUT2D eigenvalue weighted by molar-refractivity contribution is -0.120. The molecule has 2 aromatic carbocycles. The summed E-state index contributed by atoms with van der Waals surface area (Å²) in [7, 11) is 0. The Morgan fingerprint density at radius 1 is 1.12 bits per heavy atom. The Bertz CT molecular complexity index is 670. The molecule has 128 valence electrons. The third kappa shape index (κ3) is 6.75. The number of benzene rings is 2. The lowest BCUT2D eigenvalue weighted by atomic mass is 10.1. The van der Waals surface area contributed by atoms with E-state index in [9.17, 15) is 4.79 Å². The average Bonchev–Trinajstić information content (AvgIpc) is 2.51. The maximum Gasteiger partial charge on any atom is 0.224 e. The van der Waals surface area contributed by atoms with Gasteiger partial charge in [-0.2, -0.15) is 0 Å². The summed E-state index contributed by atoms with van der Waals surface area (Å²) in [6.45, 7) is 4.73. The molecule has 0 atom stereocenters. The van der Waals surface area contributed by atoms with Crippen LogP contribution in [0.25, 0.3) is 0 Å². The first kappa shape index (κ1) is 18.5. The molecule has 4 heteroatoms. The molecule has 2 aromatic rings. The molecule has 0 bridgehead atoms. The number of hydrogen-bond acceptors (Lipinski definition) is 2. The van der Waals surface area contributed by atoms with Crippen molar-refractivity contribution in [3.8, 4) is 5.75 Å². The molecular formula is C20H24BrNO2. The van der Waals surface area contributed by atoms with Crippen molar-refractivity contribution in [3.63, 3.8) is 0 Å². The number of halogens is 1. The maximum absolute atomic E-state index is 12.0. The maximum atomic E-state index is 12.0. The van der Waals surface area contributed by atoms with Gasteiger partial charge in [-0.15, -0.1) is 0 Å². The molecule has 0 saturated heterocycles. The minimum Gasteiger partial charge on any atom is -0.491 e. The van der Waals surface area contributed by atoms with Crippen molar-refractivity contribution in [2.75, 3.05) is 6.54 Å². The number of rotatable bonds is 8. The number of carbonyl (C=O) groups excluding carboxylic acids is 1. The van der Waals surface area contributed by atoms with Crippen molar-refractivity contribution in [1.29, 1.82) is 0 Å². The fourth-order valence-electron chi connectivity index (χ4n) is 2.46. The lowest BCUT2D eigenvalue weighted by Gasteiger charge is -2.11. The first-order chi connectivity index (χ1) is 11.5. The third-order valence-corrected chi connectivity index (χ3v) is 3.98. The minimum absolute atomic E-state index is 0.0602. The van der Waals surface area contributed by atoms with Gasteiger partial charge in [-0.05, 0) is 62.1 Å². The van der Waals surface area contributed by atoms with Crippen molar-refractivity contribution in [1.82, 2.24) is 5.32 Å². The summed E-state index contributed by atoms with van der Waals surface area (Å²) in [5.41, 5.74) is 2.25. The van der Waals surface area contributed by atoms with Crippen LogP contribution in [0.3, 0.4) is 0 Å². The van der Waals surface area contributed by atoms with Gasteiger partial charge in [0.05, 0.1) is 12.5 Å². The summed E-state index contributed by atoms with van der Waals surface area (Å²) >= 11 is 3.42. The first-order valence-corrected chi connectivity index (χ1v) is 9.09. The summed E-state index contributed by atoms with van der Waals surface area (Å²) in [5, 5.41) is 2.98. The Kier molecular flexibility index (Phi) is 7.32. The van der Waals surface area contributed by atoms with Gasteiger partial charge in [0.15, 0.2) is 0 Å². The van der Waals surface area contributed by atoms with Crippen LogP contribution in [0, 0.1) is 0 Å². The smallest absolute Gasteiger partial charge is 0.224 e. The van der Waals surface area contributed by atoms with Crippen LogP contribution in [-0.4, -0.2) is 18.6 Å². The van der Waals surface area contributed by atoms with E-state index < -0.39 is 0 Å². The van der Waals surface area contributed by atoms with E-state index in [0.29, 0.717) is 13.0 Å². The number of nitrogens with one attached hydrogen (secondary N) is 1. The minimum atomic E-state index is 0.0602. The second-order valence-corrected chi connectivity index (χ2v) is 6.99. The first-order valence-electron chi connectivity index (χ1n) is 8.29. The summed E-state index contributed by atoms with van der Waals surface area (Å²) < 4.78 is 6.70. The van der Waals surface area contributed by atoms with E-state index in [4.69, 9.17) is 4.74 Å². The van der Waals surface area contributed by atoms with Gasteiger partial charge in [0.2, 0.25) is 5.91 Å². The van der Waals surface area contributed by atoms with E-state index in [1.165, 1.54) is 5.56 Å². The van der Waals surface area contributed by atoms with Crippen LogP contribution in [0.5, 0.6) is 5.75 Å².